The van der Waals surface area contributed by atoms with Crippen LogP contribution in [0.5, 0.6) is 0 Å². The molecule has 2 heterocycles. The molecule has 0 amide bonds. The van der Waals surface area contributed by atoms with E-state index in [0.717, 1.165) is 12.0 Å². The van der Waals surface area contributed by atoms with E-state index in [9.17, 15) is 25.4 Å². The fraction of sp³-hybridized carbons (Fsp3) is 0.618. The predicted octanol–water partition coefficient (Wildman–Crippen LogP) is 3.96. The predicted molar refractivity (Wildman–Crippen MR) is 169 cm³/mol. The molecule has 0 aromatic heterocycles. The molecule has 10 atom stereocenters. The van der Waals surface area contributed by atoms with Gasteiger partial charge in [-0.2, -0.15) is 0 Å². The molecule has 11 heteroatoms. The summed E-state index contributed by atoms with van der Waals surface area (Å²) in [5.41, 5.74) is 1.58. The molecule has 2 aliphatic heterocycles. The number of methoxy groups -OCH3 is 2. The Labute approximate surface area is 267 Å². The van der Waals surface area contributed by atoms with E-state index in [0.29, 0.717) is 24.8 Å². The topological polar surface area (TPSA) is 153 Å². The number of ether oxygens (including phenoxy) is 5. The highest BCUT2D eigenvalue weighted by Crippen LogP contribution is 2.27. The zero-order valence-corrected chi connectivity index (χ0v) is 27.1. The van der Waals surface area contributed by atoms with Crippen LogP contribution < -0.4 is 0 Å². The summed E-state index contributed by atoms with van der Waals surface area (Å²) in [7, 11) is 2.84. The van der Waals surface area contributed by atoms with Gasteiger partial charge in [0, 0.05) is 20.6 Å². The van der Waals surface area contributed by atoms with Crippen molar-refractivity contribution in [3.8, 4) is 0 Å². The molecule has 1 saturated heterocycles. The standard InChI is InChI=1S/C34H52O11/c1-7-8-14-22(2)19-25-16-12-10-9-11-15-23(3)32(45-39)24(4)27(40-5)18-13-17-26(20-29(36)42-25)43-34-31(38)33(41-6)30(37)28(21-35)44-34/h7-13,17,19,23,25-28,30-35,37-39H,4,14-16,18,20-21H2,1-3,5-6H3/b8-7+,11-9+,12-10+,17-13+,22-19-/t23-,25+,26+,27-,28+,30+,31+,32-,33-,34+/m0/s1. The summed E-state index contributed by atoms with van der Waals surface area (Å²) in [6.07, 6.45) is 9.85. The molecule has 2 aliphatic rings. The summed E-state index contributed by atoms with van der Waals surface area (Å²) in [6, 6.07) is 0. The lowest BCUT2D eigenvalue weighted by atomic mass is 9.91. The summed E-state index contributed by atoms with van der Waals surface area (Å²) in [5, 5.41) is 40.7. The van der Waals surface area contributed by atoms with Crippen molar-refractivity contribution in [3.05, 3.63) is 72.4 Å². The van der Waals surface area contributed by atoms with Crippen LogP contribution in [0.3, 0.4) is 0 Å². The monoisotopic (exact) mass is 636 g/mol. The van der Waals surface area contributed by atoms with Crippen LogP contribution >= 0.6 is 0 Å². The second-order valence-corrected chi connectivity index (χ2v) is 11.4. The first-order chi connectivity index (χ1) is 21.6. The molecule has 0 bridgehead atoms. The fourth-order valence-corrected chi connectivity index (χ4v) is 5.26. The third-order valence-electron chi connectivity index (χ3n) is 7.85. The van der Waals surface area contributed by atoms with Crippen LogP contribution in [0, 0.1) is 5.92 Å². The first kappa shape index (κ1) is 38.7. The van der Waals surface area contributed by atoms with Crippen LogP contribution in [0.25, 0.3) is 0 Å². The van der Waals surface area contributed by atoms with Gasteiger partial charge in [0.25, 0.3) is 0 Å². The maximum Gasteiger partial charge on any atom is 0.309 e. The first-order valence-electron chi connectivity index (χ1n) is 15.4. The van der Waals surface area contributed by atoms with Crippen LogP contribution in [0.2, 0.25) is 0 Å². The Morgan fingerprint density at radius 2 is 1.80 bits per heavy atom. The van der Waals surface area contributed by atoms with Crippen molar-refractivity contribution in [2.24, 2.45) is 5.92 Å². The largest absolute Gasteiger partial charge is 0.458 e. The smallest absolute Gasteiger partial charge is 0.309 e. The molecule has 2 rings (SSSR count). The zero-order valence-electron chi connectivity index (χ0n) is 27.1. The SMILES string of the molecule is C=C1[C@@H](OC)C/C=C/[C@@H](O[C@@H]2O[C@H](CO)[C@@H](O)[C@H](OC)[C@H]2O)CC(=O)O[C@@H](/C=C(/C)C/C=C/C)C/C=C/C=C/C[C@H](C)[C@@H]1OO. The second-order valence-electron chi connectivity index (χ2n) is 11.4. The van der Waals surface area contributed by atoms with Crippen LogP contribution in [-0.2, 0) is 33.4 Å². The van der Waals surface area contributed by atoms with Crippen molar-refractivity contribution in [3.63, 3.8) is 0 Å². The zero-order chi connectivity index (χ0) is 33.4. The number of hydrogen-bond donors (Lipinski definition) is 4. The first-order valence-corrected chi connectivity index (χ1v) is 15.4. The van der Waals surface area contributed by atoms with Gasteiger partial charge in [0.05, 0.1) is 25.2 Å². The fourth-order valence-electron chi connectivity index (χ4n) is 5.26. The van der Waals surface area contributed by atoms with Gasteiger partial charge in [0.15, 0.2) is 6.29 Å². The van der Waals surface area contributed by atoms with E-state index in [1.807, 2.05) is 63.3 Å². The lowest BCUT2D eigenvalue weighted by Gasteiger charge is -2.42. The van der Waals surface area contributed by atoms with E-state index in [1.54, 1.807) is 12.2 Å². The highest BCUT2D eigenvalue weighted by atomic mass is 17.1. The Balaban J connectivity index is 2.42. The van der Waals surface area contributed by atoms with Crippen molar-refractivity contribution in [2.75, 3.05) is 20.8 Å². The molecule has 11 nitrogen and oxygen atoms in total. The van der Waals surface area contributed by atoms with Gasteiger partial charge in [-0.1, -0.05) is 67.7 Å². The van der Waals surface area contributed by atoms with Gasteiger partial charge >= 0.3 is 5.97 Å². The molecule has 0 unspecified atom stereocenters. The number of esters is 1. The van der Waals surface area contributed by atoms with Crippen LogP contribution in [-0.4, -0.2) is 102 Å². The molecule has 45 heavy (non-hydrogen) atoms. The Morgan fingerprint density at radius 3 is 2.42 bits per heavy atom. The molecule has 0 aromatic rings. The van der Waals surface area contributed by atoms with E-state index in [2.05, 4.69) is 6.58 Å². The molecule has 0 radical (unpaired) electrons. The number of carbonyl (C=O) groups is 1. The van der Waals surface area contributed by atoms with Gasteiger partial charge in [-0.25, -0.2) is 4.89 Å². The quantitative estimate of drug-likeness (QED) is 0.126. The normalized spacial score (nSPS) is 37.0. The van der Waals surface area contributed by atoms with E-state index < -0.39 is 67.7 Å². The molecule has 1 fully saturated rings. The molecule has 0 aliphatic carbocycles. The van der Waals surface area contributed by atoms with E-state index in [-0.39, 0.29) is 12.3 Å². The molecule has 254 valence electrons. The van der Waals surface area contributed by atoms with Crippen molar-refractivity contribution in [2.45, 2.75) is 108 Å². The van der Waals surface area contributed by atoms with E-state index in [1.165, 1.54) is 14.2 Å². The molecule has 4 N–H and O–H groups in total. The molecular weight excluding hydrogens is 584 g/mol. The number of cyclic esters (lactones) is 1. The van der Waals surface area contributed by atoms with E-state index >= 15 is 0 Å². The van der Waals surface area contributed by atoms with E-state index in [4.69, 9.17) is 28.6 Å². The number of aliphatic hydroxyl groups excluding tert-OH is 3. The summed E-state index contributed by atoms with van der Waals surface area (Å²) >= 11 is 0. The average molecular weight is 637 g/mol. The van der Waals surface area contributed by atoms with Crippen LogP contribution in [0.4, 0.5) is 0 Å². The van der Waals surface area contributed by atoms with Gasteiger partial charge in [0.2, 0.25) is 0 Å². The third kappa shape index (κ3) is 12.3. The lowest BCUT2D eigenvalue weighted by Crippen LogP contribution is -2.60. The summed E-state index contributed by atoms with van der Waals surface area (Å²) in [5.74, 6) is -0.652. The Morgan fingerprint density at radius 1 is 1.09 bits per heavy atom. The maximum atomic E-state index is 13.3. The molecule has 0 saturated carbocycles. The number of hydrogen-bond acceptors (Lipinski definition) is 11. The summed E-state index contributed by atoms with van der Waals surface area (Å²) in [6.45, 7) is 9.43. The van der Waals surface area contributed by atoms with Crippen LogP contribution in [0.15, 0.2) is 72.4 Å². The molecular formula is C34H52O11. The minimum Gasteiger partial charge on any atom is -0.458 e. The second kappa shape index (κ2) is 20.6. The highest BCUT2D eigenvalue weighted by Gasteiger charge is 2.46. The van der Waals surface area contributed by atoms with Gasteiger partial charge < -0.3 is 39.0 Å². The summed E-state index contributed by atoms with van der Waals surface area (Å²) in [4.78, 5) is 18.1. The van der Waals surface area contributed by atoms with Gasteiger partial charge in [-0.05, 0) is 50.7 Å². The number of carbonyl (C=O) groups excluding carboxylic acids is 1. The van der Waals surface area contributed by atoms with Crippen molar-refractivity contribution in [1.29, 1.82) is 0 Å². The number of rotatable bonds is 9. The van der Waals surface area contributed by atoms with Crippen molar-refractivity contribution < 1.29 is 53.9 Å². The molecule has 0 aromatic carbocycles. The van der Waals surface area contributed by atoms with Gasteiger partial charge in [-0.3, -0.25) is 10.1 Å². The van der Waals surface area contributed by atoms with Crippen molar-refractivity contribution in [1.82, 2.24) is 0 Å². The Kier molecular flexibility index (Phi) is 17.8. The van der Waals surface area contributed by atoms with Crippen molar-refractivity contribution >= 4 is 5.97 Å². The van der Waals surface area contributed by atoms with Crippen LogP contribution in [0.1, 0.15) is 52.9 Å². The van der Waals surface area contributed by atoms with Gasteiger partial charge in [0.1, 0.15) is 36.6 Å². The Bertz CT molecular complexity index is 1050. The summed E-state index contributed by atoms with van der Waals surface area (Å²) < 4.78 is 28.5. The number of allylic oxidation sites excluding steroid dienone is 6. The minimum absolute atomic E-state index is 0.108. The minimum atomic E-state index is -1.41. The third-order valence-corrected chi connectivity index (χ3v) is 7.85. The van der Waals surface area contributed by atoms with Gasteiger partial charge in [-0.15, -0.1) is 0 Å². The number of aliphatic hydroxyl groups is 3. The Hall–Kier alpha value is -2.45. The maximum absolute atomic E-state index is 13.3. The lowest BCUT2D eigenvalue weighted by molar-refractivity contribution is -0.311. The molecule has 0 spiro atoms. The highest BCUT2D eigenvalue weighted by molar-refractivity contribution is 5.70. The average Bonchev–Trinajstić information content (AvgIpc) is 3.01.